The first-order valence-electron chi connectivity index (χ1n) is 6.18. The standard InChI is InChI=1S/C15H13NO3S/c17-15(4-2-11-5-6-20-9-11)16-8-12-1-3-13-14(7-12)19-10-18-13/h1-7,9H,8,10H2,(H,16,17)/b4-2+. The molecule has 0 bridgehead atoms. The van der Waals surface area contributed by atoms with E-state index in [4.69, 9.17) is 9.47 Å². The molecular weight excluding hydrogens is 274 g/mol. The normalized spacial score (nSPS) is 12.8. The fraction of sp³-hybridized carbons (Fsp3) is 0.133. The maximum atomic E-state index is 11.7. The maximum absolute atomic E-state index is 11.7. The highest BCUT2D eigenvalue weighted by Gasteiger charge is 2.13. The SMILES string of the molecule is O=C(/C=C/c1ccsc1)NCc1ccc2c(c1)OCO2. The van der Waals surface area contributed by atoms with Crippen LogP contribution in [0, 0.1) is 0 Å². The molecule has 0 fully saturated rings. The van der Waals surface area contributed by atoms with Crippen LogP contribution in [-0.4, -0.2) is 12.7 Å². The Morgan fingerprint density at radius 3 is 3.05 bits per heavy atom. The first-order chi connectivity index (χ1) is 9.81. The lowest BCUT2D eigenvalue weighted by Gasteiger charge is -2.03. The first-order valence-corrected chi connectivity index (χ1v) is 7.12. The molecule has 0 unspecified atom stereocenters. The fourth-order valence-electron chi connectivity index (χ4n) is 1.84. The molecule has 0 atom stereocenters. The number of amides is 1. The van der Waals surface area contributed by atoms with Gasteiger partial charge in [0.2, 0.25) is 12.7 Å². The Morgan fingerprint density at radius 2 is 2.20 bits per heavy atom. The van der Waals surface area contributed by atoms with Gasteiger partial charge in [0, 0.05) is 12.6 Å². The monoisotopic (exact) mass is 287 g/mol. The van der Waals surface area contributed by atoms with Crippen LogP contribution in [0.1, 0.15) is 11.1 Å². The van der Waals surface area contributed by atoms with Crippen molar-refractivity contribution >= 4 is 23.3 Å². The number of hydrogen-bond donors (Lipinski definition) is 1. The number of carbonyl (C=O) groups excluding carboxylic acids is 1. The van der Waals surface area contributed by atoms with E-state index in [0.29, 0.717) is 6.54 Å². The molecule has 2 heterocycles. The van der Waals surface area contributed by atoms with E-state index >= 15 is 0 Å². The van der Waals surface area contributed by atoms with Crippen molar-refractivity contribution in [3.8, 4) is 11.5 Å². The Kier molecular flexibility index (Phi) is 3.69. The minimum absolute atomic E-state index is 0.117. The molecule has 0 aliphatic carbocycles. The Balaban J connectivity index is 1.55. The van der Waals surface area contributed by atoms with Crippen molar-refractivity contribution in [3.63, 3.8) is 0 Å². The van der Waals surface area contributed by atoms with Crippen molar-refractivity contribution < 1.29 is 14.3 Å². The highest BCUT2D eigenvalue weighted by atomic mass is 32.1. The molecule has 0 radical (unpaired) electrons. The van der Waals surface area contributed by atoms with Crippen molar-refractivity contribution in [1.29, 1.82) is 0 Å². The Hall–Kier alpha value is -2.27. The molecule has 1 N–H and O–H groups in total. The van der Waals surface area contributed by atoms with Crippen LogP contribution in [-0.2, 0) is 11.3 Å². The summed E-state index contributed by atoms with van der Waals surface area (Å²) in [6.07, 6.45) is 3.33. The van der Waals surface area contributed by atoms with Crippen molar-refractivity contribution in [2.45, 2.75) is 6.54 Å². The van der Waals surface area contributed by atoms with E-state index < -0.39 is 0 Å². The van der Waals surface area contributed by atoms with Crippen molar-refractivity contribution in [3.05, 3.63) is 52.2 Å². The van der Waals surface area contributed by atoms with Gasteiger partial charge in [-0.3, -0.25) is 4.79 Å². The Bertz CT molecular complexity index is 635. The van der Waals surface area contributed by atoms with Gasteiger partial charge in [0.1, 0.15) is 0 Å². The van der Waals surface area contributed by atoms with Crippen molar-refractivity contribution in [1.82, 2.24) is 5.32 Å². The van der Waals surface area contributed by atoms with Crippen LogP contribution in [0.25, 0.3) is 6.08 Å². The highest BCUT2D eigenvalue weighted by molar-refractivity contribution is 7.08. The Labute approximate surface area is 120 Å². The van der Waals surface area contributed by atoms with Gasteiger partial charge in [-0.2, -0.15) is 11.3 Å². The molecule has 3 rings (SSSR count). The average molecular weight is 287 g/mol. The number of hydrogen-bond acceptors (Lipinski definition) is 4. The molecule has 1 aliphatic heterocycles. The van der Waals surface area contributed by atoms with Crippen LogP contribution < -0.4 is 14.8 Å². The summed E-state index contributed by atoms with van der Waals surface area (Å²) in [5.74, 6) is 1.36. The molecule has 102 valence electrons. The summed E-state index contributed by atoms with van der Waals surface area (Å²) in [5.41, 5.74) is 2.01. The van der Waals surface area contributed by atoms with Gasteiger partial charge in [0.25, 0.3) is 0 Å². The minimum atomic E-state index is -0.117. The van der Waals surface area contributed by atoms with Gasteiger partial charge in [-0.25, -0.2) is 0 Å². The number of nitrogens with one attached hydrogen (secondary N) is 1. The van der Waals surface area contributed by atoms with E-state index in [2.05, 4.69) is 5.32 Å². The summed E-state index contributed by atoms with van der Waals surface area (Å²) in [5, 5.41) is 6.80. The second kappa shape index (κ2) is 5.79. The molecule has 2 aromatic rings. The number of benzene rings is 1. The fourth-order valence-corrected chi connectivity index (χ4v) is 2.47. The molecule has 0 saturated carbocycles. The van der Waals surface area contributed by atoms with Crippen LogP contribution in [0.15, 0.2) is 41.1 Å². The molecule has 1 amide bonds. The molecule has 1 aromatic heterocycles. The van der Waals surface area contributed by atoms with Gasteiger partial charge in [-0.15, -0.1) is 0 Å². The summed E-state index contributed by atoms with van der Waals surface area (Å²) in [6.45, 7) is 0.720. The number of thiophene rings is 1. The molecule has 1 aromatic carbocycles. The van der Waals surface area contributed by atoms with E-state index in [0.717, 1.165) is 22.6 Å². The van der Waals surface area contributed by atoms with Crippen LogP contribution >= 0.6 is 11.3 Å². The second-order valence-corrected chi connectivity index (χ2v) is 5.08. The van der Waals surface area contributed by atoms with Crippen LogP contribution in [0.2, 0.25) is 0 Å². The first kappa shape index (κ1) is 12.7. The van der Waals surface area contributed by atoms with Gasteiger partial charge >= 0.3 is 0 Å². The lowest BCUT2D eigenvalue weighted by atomic mass is 10.2. The zero-order valence-corrected chi connectivity index (χ0v) is 11.5. The van der Waals surface area contributed by atoms with Crippen LogP contribution in [0.4, 0.5) is 0 Å². The van der Waals surface area contributed by atoms with E-state index in [1.54, 1.807) is 17.4 Å². The van der Waals surface area contributed by atoms with Crippen LogP contribution in [0.5, 0.6) is 11.5 Å². The van der Waals surface area contributed by atoms with E-state index in [1.807, 2.05) is 35.0 Å². The minimum Gasteiger partial charge on any atom is -0.454 e. The van der Waals surface area contributed by atoms with E-state index in [9.17, 15) is 4.79 Å². The number of ether oxygens (including phenoxy) is 2. The van der Waals surface area contributed by atoms with Gasteiger partial charge in [-0.1, -0.05) is 6.07 Å². The van der Waals surface area contributed by atoms with Gasteiger partial charge in [0.15, 0.2) is 11.5 Å². The number of rotatable bonds is 4. The van der Waals surface area contributed by atoms with Crippen molar-refractivity contribution in [2.75, 3.05) is 6.79 Å². The molecule has 0 saturated heterocycles. The maximum Gasteiger partial charge on any atom is 0.244 e. The quantitative estimate of drug-likeness (QED) is 0.880. The molecule has 4 nitrogen and oxygen atoms in total. The van der Waals surface area contributed by atoms with E-state index in [-0.39, 0.29) is 12.7 Å². The third-order valence-corrected chi connectivity index (χ3v) is 3.58. The molecule has 1 aliphatic rings. The molecule has 20 heavy (non-hydrogen) atoms. The van der Waals surface area contributed by atoms with Crippen LogP contribution in [0.3, 0.4) is 0 Å². The molecule has 5 heteroatoms. The third kappa shape index (κ3) is 3.00. The third-order valence-electron chi connectivity index (χ3n) is 2.87. The predicted molar refractivity (Wildman–Crippen MR) is 77.8 cm³/mol. The summed E-state index contributed by atoms with van der Waals surface area (Å²) >= 11 is 1.60. The van der Waals surface area contributed by atoms with Crippen molar-refractivity contribution in [2.24, 2.45) is 0 Å². The summed E-state index contributed by atoms with van der Waals surface area (Å²) in [4.78, 5) is 11.7. The summed E-state index contributed by atoms with van der Waals surface area (Å²) in [6, 6.07) is 7.61. The van der Waals surface area contributed by atoms with Gasteiger partial charge in [0.05, 0.1) is 0 Å². The molecule has 0 spiro atoms. The lowest BCUT2D eigenvalue weighted by molar-refractivity contribution is -0.116. The summed E-state index contributed by atoms with van der Waals surface area (Å²) in [7, 11) is 0. The largest absolute Gasteiger partial charge is 0.454 e. The smallest absolute Gasteiger partial charge is 0.244 e. The van der Waals surface area contributed by atoms with Gasteiger partial charge < -0.3 is 14.8 Å². The average Bonchev–Trinajstić information content (AvgIpc) is 3.13. The zero-order valence-electron chi connectivity index (χ0n) is 10.7. The zero-order chi connectivity index (χ0) is 13.8. The number of carbonyl (C=O) groups is 1. The number of fused-ring (bicyclic) bond motifs is 1. The lowest BCUT2D eigenvalue weighted by Crippen LogP contribution is -2.20. The topological polar surface area (TPSA) is 47.6 Å². The van der Waals surface area contributed by atoms with Gasteiger partial charge in [-0.05, 0) is 46.2 Å². The Morgan fingerprint density at radius 1 is 1.30 bits per heavy atom. The summed E-state index contributed by atoms with van der Waals surface area (Å²) < 4.78 is 10.5. The highest BCUT2D eigenvalue weighted by Crippen LogP contribution is 2.32. The predicted octanol–water partition coefficient (Wildman–Crippen LogP) is 2.81. The molecular formula is C15H13NO3S. The van der Waals surface area contributed by atoms with E-state index in [1.165, 1.54) is 6.08 Å². The second-order valence-electron chi connectivity index (χ2n) is 4.30.